The first kappa shape index (κ1) is 24.0. The van der Waals surface area contributed by atoms with Crippen LogP contribution < -0.4 is 9.64 Å². The first-order valence-corrected chi connectivity index (χ1v) is 12.7. The summed E-state index contributed by atoms with van der Waals surface area (Å²) in [5.41, 5.74) is 3.53. The number of ketones is 1. The van der Waals surface area contributed by atoms with Crippen LogP contribution in [0.1, 0.15) is 62.0 Å². The first-order chi connectivity index (χ1) is 17.4. The lowest BCUT2D eigenvalue weighted by Gasteiger charge is -2.41. The van der Waals surface area contributed by atoms with Crippen molar-refractivity contribution in [2.45, 2.75) is 46.1 Å². The number of para-hydroxylation sites is 2. The van der Waals surface area contributed by atoms with Crippen LogP contribution in [0.15, 0.2) is 83.9 Å². The molecular formula is C31H32N2O3. The SMILES string of the molecule is CCCOc1cccc([C@H]2[C@@H]3C(=O)CC(C)(C)CC3=Nc3ccccc3N2C(=O)c2ccccc2)c1. The minimum atomic E-state index is -0.533. The Labute approximate surface area is 212 Å². The molecule has 3 aromatic carbocycles. The topological polar surface area (TPSA) is 59.0 Å². The van der Waals surface area contributed by atoms with Gasteiger partial charge in [0.1, 0.15) is 11.5 Å². The Morgan fingerprint density at radius 3 is 2.53 bits per heavy atom. The molecule has 5 nitrogen and oxygen atoms in total. The van der Waals surface area contributed by atoms with E-state index in [0.29, 0.717) is 36.4 Å². The highest BCUT2D eigenvalue weighted by Crippen LogP contribution is 2.48. The Kier molecular flexibility index (Phi) is 6.48. The highest BCUT2D eigenvalue weighted by atomic mass is 16.5. The van der Waals surface area contributed by atoms with Gasteiger partial charge in [0.05, 0.1) is 29.9 Å². The number of ether oxygens (including phenoxy) is 1. The largest absolute Gasteiger partial charge is 0.494 e. The van der Waals surface area contributed by atoms with E-state index in [1.54, 1.807) is 4.90 Å². The number of amides is 1. The van der Waals surface area contributed by atoms with Gasteiger partial charge in [0, 0.05) is 17.7 Å². The average Bonchev–Trinajstić information content (AvgIpc) is 3.01. The van der Waals surface area contributed by atoms with Crippen molar-refractivity contribution in [3.05, 3.63) is 90.0 Å². The van der Waals surface area contributed by atoms with Crippen molar-refractivity contribution in [3.63, 3.8) is 0 Å². The minimum absolute atomic E-state index is 0.119. The summed E-state index contributed by atoms with van der Waals surface area (Å²) in [6, 6.07) is 24.3. The second-order valence-electron chi connectivity index (χ2n) is 10.5. The highest BCUT2D eigenvalue weighted by molar-refractivity contribution is 6.15. The number of rotatable bonds is 5. The van der Waals surface area contributed by atoms with Crippen LogP contribution in [0.2, 0.25) is 0 Å². The highest BCUT2D eigenvalue weighted by Gasteiger charge is 2.48. The fourth-order valence-electron chi connectivity index (χ4n) is 5.42. The van der Waals surface area contributed by atoms with Crippen molar-refractivity contribution in [1.82, 2.24) is 0 Å². The Morgan fingerprint density at radius 2 is 1.75 bits per heavy atom. The normalized spacial score (nSPS) is 20.6. The molecule has 0 N–H and O–H groups in total. The summed E-state index contributed by atoms with van der Waals surface area (Å²) in [6.45, 7) is 6.90. The van der Waals surface area contributed by atoms with Crippen LogP contribution in [-0.2, 0) is 4.79 Å². The number of aliphatic imine (C=N–C) groups is 1. The van der Waals surface area contributed by atoms with Gasteiger partial charge in [-0.05, 0) is 60.2 Å². The van der Waals surface area contributed by atoms with Gasteiger partial charge in [-0.2, -0.15) is 0 Å². The molecule has 1 fully saturated rings. The Morgan fingerprint density at radius 1 is 1.00 bits per heavy atom. The van der Waals surface area contributed by atoms with Crippen molar-refractivity contribution in [2.24, 2.45) is 16.3 Å². The van der Waals surface area contributed by atoms with Crippen LogP contribution in [0.25, 0.3) is 0 Å². The summed E-state index contributed by atoms with van der Waals surface area (Å²) >= 11 is 0. The predicted octanol–water partition coefficient (Wildman–Crippen LogP) is 6.95. The molecule has 0 aromatic heterocycles. The molecular weight excluding hydrogens is 448 g/mol. The molecule has 0 spiro atoms. The summed E-state index contributed by atoms with van der Waals surface area (Å²) in [5.74, 6) is 0.177. The van der Waals surface area contributed by atoms with E-state index in [2.05, 4.69) is 20.8 Å². The van der Waals surface area contributed by atoms with Gasteiger partial charge < -0.3 is 4.74 Å². The molecule has 1 amide bonds. The van der Waals surface area contributed by atoms with Crippen LogP contribution in [0, 0.1) is 11.3 Å². The lowest BCUT2D eigenvalue weighted by molar-refractivity contribution is -0.124. The molecule has 0 radical (unpaired) electrons. The molecule has 0 saturated heterocycles. The molecule has 1 saturated carbocycles. The van der Waals surface area contributed by atoms with Gasteiger partial charge in [0.25, 0.3) is 5.91 Å². The molecule has 36 heavy (non-hydrogen) atoms. The second-order valence-corrected chi connectivity index (χ2v) is 10.5. The Hall–Kier alpha value is -3.73. The van der Waals surface area contributed by atoms with Crippen LogP contribution >= 0.6 is 0 Å². The van der Waals surface area contributed by atoms with Gasteiger partial charge in [0.15, 0.2) is 0 Å². The van der Waals surface area contributed by atoms with Crippen molar-refractivity contribution in [2.75, 3.05) is 11.5 Å². The maximum atomic E-state index is 14.2. The minimum Gasteiger partial charge on any atom is -0.494 e. The lowest BCUT2D eigenvalue weighted by Crippen LogP contribution is -2.47. The maximum Gasteiger partial charge on any atom is 0.258 e. The third kappa shape index (κ3) is 4.58. The molecule has 3 aromatic rings. The zero-order valence-electron chi connectivity index (χ0n) is 21.1. The smallest absolute Gasteiger partial charge is 0.258 e. The van der Waals surface area contributed by atoms with Crippen LogP contribution in [0.3, 0.4) is 0 Å². The van der Waals surface area contributed by atoms with E-state index < -0.39 is 12.0 Å². The van der Waals surface area contributed by atoms with E-state index in [1.165, 1.54) is 0 Å². The summed E-state index contributed by atoms with van der Waals surface area (Å²) in [5, 5.41) is 0. The fourth-order valence-corrected chi connectivity index (χ4v) is 5.42. The number of carbonyl (C=O) groups excluding carboxylic acids is 2. The molecule has 1 heterocycles. The summed E-state index contributed by atoms with van der Waals surface area (Å²) in [6.07, 6.45) is 2.04. The number of carbonyl (C=O) groups is 2. The summed E-state index contributed by atoms with van der Waals surface area (Å²) in [7, 11) is 0. The third-order valence-electron chi connectivity index (χ3n) is 6.93. The Balaban J connectivity index is 1.73. The summed E-state index contributed by atoms with van der Waals surface area (Å²) < 4.78 is 5.95. The van der Waals surface area contributed by atoms with Gasteiger partial charge >= 0.3 is 0 Å². The van der Waals surface area contributed by atoms with Gasteiger partial charge in [-0.25, -0.2) is 0 Å². The van der Waals surface area contributed by atoms with Gasteiger partial charge in [0.2, 0.25) is 0 Å². The quantitative estimate of drug-likeness (QED) is 0.397. The van der Waals surface area contributed by atoms with Crippen LogP contribution in [0.5, 0.6) is 5.75 Å². The van der Waals surface area contributed by atoms with E-state index in [9.17, 15) is 9.59 Å². The number of Topliss-reactive ketones (excluding diaryl/α,β-unsaturated/α-hetero) is 1. The molecule has 1 aliphatic carbocycles. The van der Waals surface area contributed by atoms with Crippen molar-refractivity contribution in [3.8, 4) is 5.75 Å². The molecule has 1 aliphatic heterocycles. The van der Waals surface area contributed by atoms with Gasteiger partial charge in [-0.3, -0.25) is 19.5 Å². The predicted molar refractivity (Wildman–Crippen MR) is 143 cm³/mol. The second kappa shape index (κ2) is 9.73. The zero-order chi connectivity index (χ0) is 25.3. The molecule has 184 valence electrons. The van der Waals surface area contributed by atoms with Crippen molar-refractivity contribution in [1.29, 1.82) is 0 Å². The molecule has 2 atom stereocenters. The van der Waals surface area contributed by atoms with Crippen molar-refractivity contribution >= 4 is 28.8 Å². The number of benzene rings is 3. The number of anilines is 1. The van der Waals surface area contributed by atoms with Gasteiger partial charge in [-0.1, -0.05) is 63.2 Å². The van der Waals surface area contributed by atoms with E-state index >= 15 is 0 Å². The monoisotopic (exact) mass is 480 g/mol. The number of nitrogens with zero attached hydrogens (tertiary/aromatic N) is 2. The molecule has 5 heteroatoms. The number of hydrogen-bond donors (Lipinski definition) is 0. The van der Waals surface area contributed by atoms with Crippen LogP contribution in [0.4, 0.5) is 11.4 Å². The van der Waals surface area contributed by atoms with E-state index in [1.807, 2.05) is 78.9 Å². The Bertz CT molecular complexity index is 1310. The van der Waals surface area contributed by atoms with E-state index in [-0.39, 0.29) is 17.1 Å². The summed E-state index contributed by atoms with van der Waals surface area (Å²) in [4.78, 5) is 34.9. The molecule has 0 unspecified atom stereocenters. The number of hydrogen-bond acceptors (Lipinski definition) is 4. The molecule has 0 bridgehead atoms. The third-order valence-corrected chi connectivity index (χ3v) is 6.93. The standard InChI is InChI=1S/C31H32N2O3/c1-4-17-36-23-14-10-13-22(18-23)29-28-25(19-31(2,3)20-27(28)34)32-24-15-8-9-16-26(24)33(29)30(35)21-11-6-5-7-12-21/h5-16,18,28-29H,4,17,19-20H2,1-3H3/t28-,29-/m0/s1. The zero-order valence-corrected chi connectivity index (χ0v) is 21.1. The molecule has 2 aliphatic rings. The maximum absolute atomic E-state index is 14.2. The molecule has 5 rings (SSSR count). The van der Waals surface area contributed by atoms with Gasteiger partial charge in [-0.15, -0.1) is 0 Å². The fraction of sp³-hybridized carbons (Fsp3) is 0.323. The lowest BCUT2D eigenvalue weighted by atomic mass is 9.68. The van der Waals surface area contributed by atoms with E-state index in [4.69, 9.17) is 9.73 Å². The van der Waals surface area contributed by atoms with Crippen molar-refractivity contribution < 1.29 is 14.3 Å². The van der Waals surface area contributed by atoms with E-state index in [0.717, 1.165) is 23.4 Å². The first-order valence-electron chi connectivity index (χ1n) is 12.7. The van der Waals surface area contributed by atoms with Crippen LogP contribution in [-0.4, -0.2) is 24.0 Å². The average molecular weight is 481 g/mol. The number of fused-ring (bicyclic) bond motifs is 2.